The van der Waals surface area contributed by atoms with Gasteiger partial charge in [0.05, 0.1) is 11.1 Å². The molecule has 4 rings (SSSR count). The Morgan fingerprint density at radius 2 is 2.03 bits per heavy atom. The molecule has 10 heteroatoms. The molecule has 1 atom stereocenters. The van der Waals surface area contributed by atoms with E-state index < -0.39 is 10.0 Å². The summed E-state index contributed by atoms with van der Waals surface area (Å²) in [5.74, 6) is -0.192. The number of pyridine rings is 1. The number of ether oxygens (including phenoxy) is 1. The van der Waals surface area contributed by atoms with Crippen LogP contribution in [0.2, 0.25) is 5.02 Å². The Morgan fingerprint density at radius 1 is 1.22 bits per heavy atom. The van der Waals surface area contributed by atoms with Gasteiger partial charge in [-0.15, -0.1) is 0 Å². The van der Waals surface area contributed by atoms with Crippen LogP contribution in [0.1, 0.15) is 28.8 Å². The molecule has 8 nitrogen and oxygen atoms in total. The summed E-state index contributed by atoms with van der Waals surface area (Å²) in [6.07, 6.45) is 5.70. The van der Waals surface area contributed by atoms with Crippen molar-refractivity contribution >= 4 is 27.5 Å². The quantitative estimate of drug-likeness (QED) is 0.655. The number of carbonyl (C=O) groups is 1. The molecular formula is C22H27ClN4O4S. The number of halogens is 1. The molecule has 2 aliphatic heterocycles. The average Bonchev–Trinajstić information content (AvgIpc) is 3.32. The van der Waals surface area contributed by atoms with Gasteiger partial charge in [-0.3, -0.25) is 14.7 Å². The number of carbonyl (C=O) groups excluding carboxylic acids is 1. The summed E-state index contributed by atoms with van der Waals surface area (Å²) in [6, 6.07) is 7.89. The maximum absolute atomic E-state index is 13.0. The molecule has 2 fully saturated rings. The van der Waals surface area contributed by atoms with Crippen molar-refractivity contribution in [3.05, 3.63) is 58.9 Å². The highest BCUT2D eigenvalue weighted by Gasteiger charge is 2.27. The fourth-order valence-corrected chi connectivity index (χ4v) is 5.53. The van der Waals surface area contributed by atoms with Crippen LogP contribution in [0.5, 0.6) is 0 Å². The molecule has 0 unspecified atom stereocenters. The van der Waals surface area contributed by atoms with Gasteiger partial charge >= 0.3 is 0 Å². The largest absolute Gasteiger partial charge is 0.377 e. The number of benzene rings is 1. The van der Waals surface area contributed by atoms with Crippen LogP contribution in [0.4, 0.5) is 0 Å². The zero-order chi connectivity index (χ0) is 22.6. The molecule has 1 N–H and O–H groups in total. The number of amides is 1. The Hall–Kier alpha value is -2.04. The monoisotopic (exact) mass is 478 g/mol. The van der Waals surface area contributed by atoms with Crippen molar-refractivity contribution in [2.24, 2.45) is 0 Å². The molecular weight excluding hydrogens is 452 g/mol. The number of rotatable bonds is 7. The van der Waals surface area contributed by atoms with Crippen LogP contribution >= 0.6 is 11.6 Å². The molecule has 2 aromatic rings. The van der Waals surface area contributed by atoms with Crippen LogP contribution in [0.25, 0.3) is 0 Å². The molecule has 1 aromatic carbocycles. The summed E-state index contributed by atoms with van der Waals surface area (Å²) >= 11 is 6.18. The highest BCUT2D eigenvalue weighted by atomic mass is 35.5. The standard InChI is InChI=1S/C22H27ClN4O4S/c23-20-6-5-18(13-21(20)32(29,30)25-15-17-3-1-7-24-14-17)22(28)27-10-8-26(9-11-27)16-19-4-2-12-31-19/h1,3,5-7,13-14,19,25H,2,4,8-12,15-16H2/t19-/m0/s1. The van der Waals surface area contributed by atoms with Crippen LogP contribution in [0.15, 0.2) is 47.6 Å². The first-order valence-electron chi connectivity index (χ1n) is 10.7. The van der Waals surface area contributed by atoms with Gasteiger partial charge in [0.15, 0.2) is 0 Å². The fourth-order valence-electron chi connectivity index (χ4n) is 3.99. The Balaban J connectivity index is 1.40. The van der Waals surface area contributed by atoms with Crippen LogP contribution in [-0.4, -0.2) is 74.5 Å². The normalized spacial score (nSPS) is 19.9. The third-order valence-electron chi connectivity index (χ3n) is 5.80. The molecule has 3 heterocycles. The Bertz CT molecular complexity index is 1040. The van der Waals surface area contributed by atoms with Crippen molar-refractivity contribution in [1.82, 2.24) is 19.5 Å². The summed E-state index contributed by atoms with van der Waals surface area (Å²) in [4.78, 5) is 21.0. The Morgan fingerprint density at radius 3 is 2.72 bits per heavy atom. The van der Waals surface area contributed by atoms with E-state index >= 15 is 0 Å². The lowest BCUT2D eigenvalue weighted by atomic mass is 10.1. The second-order valence-corrected chi connectivity index (χ2v) is 10.2. The molecule has 0 saturated carbocycles. The van der Waals surface area contributed by atoms with Crippen molar-refractivity contribution in [2.45, 2.75) is 30.4 Å². The van der Waals surface area contributed by atoms with Gasteiger partial charge in [-0.25, -0.2) is 13.1 Å². The second kappa shape index (κ2) is 10.3. The first-order chi connectivity index (χ1) is 15.4. The van der Waals surface area contributed by atoms with Gasteiger partial charge in [0, 0.05) is 63.8 Å². The van der Waals surface area contributed by atoms with Crippen molar-refractivity contribution in [2.75, 3.05) is 39.3 Å². The highest BCUT2D eigenvalue weighted by Crippen LogP contribution is 2.24. The lowest BCUT2D eigenvalue weighted by molar-refractivity contribution is 0.0432. The van der Waals surface area contributed by atoms with E-state index in [0.29, 0.717) is 24.8 Å². The lowest BCUT2D eigenvalue weighted by Gasteiger charge is -2.35. The van der Waals surface area contributed by atoms with E-state index in [4.69, 9.17) is 16.3 Å². The van der Waals surface area contributed by atoms with E-state index in [0.717, 1.165) is 44.6 Å². The van der Waals surface area contributed by atoms with Gasteiger partial charge in [0.2, 0.25) is 10.0 Å². The molecule has 2 aliphatic rings. The van der Waals surface area contributed by atoms with E-state index in [9.17, 15) is 13.2 Å². The summed E-state index contributed by atoms with van der Waals surface area (Å²) in [6.45, 7) is 4.55. The predicted molar refractivity (Wildman–Crippen MR) is 121 cm³/mol. The third-order valence-corrected chi connectivity index (χ3v) is 7.68. The zero-order valence-electron chi connectivity index (χ0n) is 17.7. The SMILES string of the molecule is O=C(c1ccc(Cl)c(S(=O)(=O)NCc2cccnc2)c1)N1CCN(C[C@@H]2CCCO2)CC1. The molecule has 0 bridgehead atoms. The number of nitrogens with zero attached hydrogens (tertiary/aromatic N) is 3. The molecule has 0 aliphatic carbocycles. The summed E-state index contributed by atoms with van der Waals surface area (Å²) in [5.41, 5.74) is 1.03. The predicted octanol–water partition coefficient (Wildman–Crippen LogP) is 2.15. The third kappa shape index (κ3) is 5.65. The number of hydrogen-bond donors (Lipinski definition) is 1. The lowest BCUT2D eigenvalue weighted by Crippen LogP contribution is -2.50. The zero-order valence-corrected chi connectivity index (χ0v) is 19.3. The molecule has 0 radical (unpaired) electrons. The molecule has 2 saturated heterocycles. The minimum absolute atomic E-state index is 0.0709. The minimum atomic E-state index is -3.90. The van der Waals surface area contributed by atoms with E-state index in [1.807, 2.05) is 0 Å². The number of sulfonamides is 1. The summed E-state index contributed by atoms with van der Waals surface area (Å²) in [5, 5.41) is 0.0709. The van der Waals surface area contributed by atoms with E-state index in [2.05, 4.69) is 14.6 Å². The molecule has 1 aromatic heterocycles. The van der Waals surface area contributed by atoms with Crippen molar-refractivity contribution in [1.29, 1.82) is 0 Å². The number of hydrogen-bond acceptors (Lipinski definition) is 6. The average molecular weight is 479 g/mol. The van der Waals surface area contributed by atoms with E-state index in [-0.39, 0.29) is 22.4 Å². The number of piperazine rings is 1. The van der Waals surface area contributed by atoms with Crippen molar-refractivity contribution in [3.8, 4) is 0 Å². The van der Waals surface area contributed by atoms with Gasteiger partial charge in [-0.05, 0) is 42.7 Å². The van der Waals surface area contributed by atoms with Gasteiger partial charge < -0.3 is 9.64 Å². The molecule has 0 spiro atoms. The van der Waals surface area contributed by atoms with E-state index in [1.165, 1.54) is 12.1 Å². The van der Waals surface area contributed by atoms with Crippen molar-refractivity contribution in [3.63, 3.8) is 0 Å². The van der Waals surface area contributed by atoms with Crippen LogP contribution in [-0.2, 0) is 21.3 Å². The summed E-state index contributed by atoms with van der Waals surface area (Å²) < 4.78 is 33.9. The van der Waals surface area contributed by atoms with E-state index in [1.54, 1.807) is 35.5 Å². The van der Waals surface area contributed by atoms with Crippen molar-refractivity contribution < 1.29 is 17.9 Å². The van der Waals surface area contributed by atoms with Crippen LogP contribution < -0.4 is 4.72 Å². The highest BCUT2D eigenvalue weighted by molar-refractivity contribution is 7.89. The maximum Gasteiger partial charge on any atom is 0.253 e. The molecule has 172 valence electrons. The number of nitrogens with one attached hydrogen (secondary N) is 1. The first kappa shape index (κ1) is 23.1. The summed E-state index contributed by atoms with van der Waals surface area (Å²) in [7, 11) is -3.90. The molecule has 1 amide bonds. The van der Waals surface area contributed by atoms with Gasteiger partial charge in [-0.2, -0.15) is 0 Å². The topological polar surface area (TPSA) is 91.8 Å². The maximum atomic E-state index is 13.0. The number of aromatic nitrogens is 1. The Labute approximate surface area is 193 Å². The Kier molecular flexibility index (Phi) is 7.42. The first-order valence-corrected chi connectivity index (χ1v) is 12.6. The van der Waals surface area contributed by atoms with Crippen LogP contribution in [0, 0.1) is 0 Å². The fraction of sp³-hybridized carbons (Fsp3) is 0.455. The van der Waals surface area contributed by atoms with Crippen LogP contribution in [0.3, 0.4) is 0 Å². The van der Waals surface area contributed by atoms with Gasteiger partial charge in [-0.1, -0.05) is 17.7 Å². The second-order valence-electron chi connectivity index (χ2n) is 8.06. The van der Waals surface area contributed by atoms with Gasteiger partial charge in [0.25, 0.3) is 5.91 Å². The minimum Gasteiger partial charge on any atom is -0.377 e. The molecule has 32 heavy (non-hydrogen) atoms. The smallest absolute Gasteiger partial charge is 0.253 e. The van der Waals surface area contributed by atoms with Gasteiger partial charge in [0.1, 0.15) is 4.90 Å².